The van der Waals surface area contributed by atoms with E-state index in [0.29, 0.717) is 6.54 Å². The molecule has 2 aromatic carbocycles. The maximum Gasteiger partial charge on any atom is 0.0682 e. The molecule has 21 heavy (non-hydrogen) atoms. The van der Waals surface area contributed by atoms with Crippen LogP contribution in [0, 0.1) is 0 Å². The van der Waals surface area contributed by atoms with E-state index in [1.807, 2.05) is 36.7 Å². The zero-order chi connectivity index (χ0) is 14.7. The first-order valence-corrected chi connectivity index (χ1v) is 7.12. The molecule has 1 aromatic heterocycles. The molecule has 2 N–H and O–H groups in total. The molecule has 0 saturated carbocycles. The van der Waals surface area contributed by atoms with E-state index >= 15 is 0 Å². The minimum atomic E-state index is 0.103. The Kier molecular flexibility index (Phi) is 3.84. The minimum absolute atomic E-state index is 0.103. The molecule has 0 bridgehead atoms. The molecular weight excluding hydrogens is 258 g/mol. The van der Waals surface area contributed by atoms with Crippen molar-refractivity contribution < 1.29 is 0 Å². The highest BCUT2D eigenvalue weighted by Gasteiger charge is 2.18. The number of anilines is 1. The molecule has 0 aliphatic heterocycles. The van der Waals surface area contributed by atoms with Crippen LogP contribution in [0.15, 0.2) is 67.0 Å². The van der Waals surface area contributed by atoms with Gasteiger partial charge in [-0.2, -0.15) is 0 Å². The Morgan fingerprint density at radius 1 is 1.00 bits per heavy atom. The molecule has 0 spiro atoms. The average molecular weight is 277 g/mol. The van der Waals surface area contributed by atoms with Crippen LogP contribution in [0.3, 0.4) is 0 Å². The number of hydrogen-bond acceptors (Lipinski definition) is 3. The number of fused-ring (bicyclic) bond motifs is 1. The largest absolute Gasteiger partial charge is 0.366 e. The molecule has 1 heterocycles. The second kappa shape index (κ2) is 5.94. The first-order valence-electron chi connectivity index (χ1n) is 7.12. The number of rotatable bonds is 4. The minimum Gasteiger partial charge on any atom is -0.366 e. The molecule has 0 radical (unpaired) electrons. The molecule has 0 amide bonds. The maximum atomic E-state index is 6.06. The van der Waals surface area contributed by atoms with E-state index in [4.69, 9.17) is 5.73 Å². The van der Waals surface area contributed by atoms with Gasteiger partial charge in [0.2, 0.25) is 0 Å². The van der Waals surface area contributed by atoms with Crippen molar-refractivity contribution in [2.45, 2.75) is 6.04 Å². The lowest BCUT2D eigenvalue weighted by molar-refractivity contribution is 0.683. The van der Waals surface area contributed by atoms with Crippen LogP contribution in [0.1, 0.15) is 11.6 Å². The zero-order valence-electron chi connectivity index (χ0n) is 12.1. The SMILES string of the molecule is CN(c1ccccc1)C(CN)c1cncc2ccccc12. The van der Waals surface area contributed by atoms with Crippen LogP contribution in [-0.2, 0) is 0 Å². The topological polar surface area (TPSA) is 42.1 Å². The number of benzene rings is 2. The third-order valence-corrected chi connectivity index (χ3v) is 3.91. The predicted octanol–water partition coefficient (Wildman–Crippen LogP) is 3.37. The van der Waals surface area contributed by atoms with E-state index in [-0.39, 0.29) is 6.04 Å². The fourth-order valence-corrected chi connectivity index (χ4v) is 2.74. The number of likely N-dealkylation sites (N-methyl/N-ethyl adjacent to an activating group) is 1. The summed E-state index contributed by atoms with van der Waals surface area (Å²) >= 11 is 0. The molecule has 0 fully saturated rings. The third kappa shape index (κ3) is 2.60. The third-order valence-electron chi connectivity index (χ3n) is 3.91. The molecule has 106 valence electrons. The van der Waals surface area contributed by atoms with E-state index in [2.05, 4.69) is 47.3 Å². The lowest BCUT2D eigenvalue weighted by atomic mass is 10.0. The van der Waals surface area contributed by atoms with Crippen LogP contribution in [0.5, 0.6) is 0 Å². The summed E-state index contributed by atoms with van der Waals surface area (Å²) in [6.07, 6.45) is 3.83. The van der Waals surface area contributed by atoms with E-state index in [9.17, 15) is 0 Å². The summed E-state index contributed by atoms with van der Waals surface area (Å²) in [4.78, 5) is 6.59. The number of para-hydroxylation sites is 1. The molecule has 3 nitrogen and oxygen atoms in total. The van der Waals surface area contributed by atoms with Gasteiger partial charge >= 0.3 is 0 Å². The second-order valence-electron chi connectivity index (χ2n) is 5.15. The van der Waals surface area contributed by atoms with Crippen LogP contribution in [0.2, 0.25) is 0 Å². The Bertz CT molecular complexity index is 719. The van der Waals surface area contributed by atoms with Crippen molar-refractivity contribution in [3.63, 3.8) is 0 Å². The van der Waals surface area contributed by atoms with Crippen LogP contribution in [0.25, 0.3) is 10.8 Å². The van der Waals surface area contributed by atoms with Crippen molar-refractivity contribution in [3.8, 4) is 0 Å². The molecule has 3 rings (SSSR count). The molecule has 3 aromatic rings. The monoisotopic (exact) mass is 277 g/mol. The smallest absolute Gasteiger partial charge is 0.0682 e. The number of nitrogens with zero attached hydrogens (tertiary/aromatic N) is 2. The van der Waals surface area contributed by atoms with Gasteiger partial charge in [-0.3, -0.25) is 4.98 Å². The van der Waals surface area contributed by atoms with E-state index < -0.39 is 0 Å². The maximum absolute atomic E-state index is 6.06. The molecule has 1 unspecified atom stereocenters. The number of pyridine rings is 1. The van der Waals surface area contributed by atoms with Gasteiger partial charge in [0.05, 0.1) is 6.04 Å². The summed E-state index contributed by atoms with van der Waals surface area (Å²) in [7, 11) is 2.08. The van der Waals surface area contributed by atoms with Gasteiger partial charge in [-0.15, -0.1) is 0 Å². The van der Waals surface area contributed by atoms with Crippen LogP contribution in [-0.4, -0.2) is 18.6 Å². The van der Waals surface area contributed by atoms with Gasteiger partial charge in [-0.1, -0.05) is 42.5 Å². The van der Waals surface area contributed by atoms with E-state index in [1.54, 1.807) is 0 Å². The second-order valence-corrected chi connectivity index (χ2v) is 5.15. The van der Waals surface area contributed by atoms with Gasteiger partial charge in [0.15, 0.2) is 0 Å². The Morgan fingerprint density at radius 3 is 2.48 bits per heavy atom. The van der Waals surface area contributed by atoms with Gasteiger partial charge in [0, 0.05) is 42.6 Å². The quantitative estimate of drug-likeness (QED) is 0.795. The summed E-state index contributed by atoms with van der Waals surface area (Å²) in [6, 6.07) is 18.7. The highest BCUT2D eigenvalue weighted by Crippen LogP contribution is 2.29. The highest BCUT2D eigenvalue weighted by molar-refractivity contribution is 5.85. The molecule has 1 atom stereocenters. The van der Waals surface area contributed by atoms with Gasteiger partial charge in [0.25, 0.3) is 0 Å². The van der Waals surface area contributed by atoms with Crippen LogP contribution >= 0.6 is 0 Å². The molecule has 0 aliphatic carbocycles. The van der Waals surface area contributed by atoms with Gasteiger partial charge in [0.1, 0.15) is 0 Å². The van der Waals surface area contributed by atoms with Crippen molar-refractivity contribution in [2.24, 2.45) is 5.73 Å². The zero-order valence-corrected chi connectivity index (χ0v) is 12.1. The Hall–Kier alpha value is -2.39. The van der Waals surface area contributed by atoms with Gasteiger partial charge in [-0.05, 0) is 17.5 Å². The molecule has 0 aliphatic rings. The first kappa shape index (κ1) is 13.6. The van der Waals surface area contributed by atoms with Gasteiger partial charge < -0.3 is 10.6 Å². The fourth-order valence-electron chi connectivity index (χ4n) is 2.74. The fraction of sp³-hybridized carbons (Fsp3) is 0.167. The van der Waals surface area contributed by atoms with E-state index in [1.165, 1.54) is 10.9 Å². The molecular formula is C18H19N3. The highest BCUT2D eigenvalue weighted by atomic mass is 15.1. The lowest BCUT2D eigenvalue weighted by Gasteiger charge is -2.30. The van der Waals surface area contributed by atoms with Crippen molar-refractivity contribution in [3.05, 3.63) is 72.6 Å². The molecule has 3 heteroatoms. The van der Waals surface area contributed by atoms with Crippen LogP contribution in [0.4, 0.5) is 5.69 Å². The van der Waals surface area contributed by atoms with Crippen molar-refractivity contribution in [2.75, 3.05) is 18.5 Å². The predicted molar refractivity (Wildman–Crippen MR) is 88.4 cm³/mol. The van der Waals surface area contributed by atoms with Gasteiger partial charge in [-0.25, -0.2) is 0 Å². The number of aromatic nitrogens is 1. The summed E-state index contributed by atoms with van der Waals surface area (Å²) in [5, 5.41) is 2.36. The normalized spacial score (nSPS) is 12.3. The Balaban J connectivity index is 2.06. The lowest BCUT2D eigenvalue weighted by Crippen LogP contribution is -2.30. The average Bonchev–Trinajstić information content (AvgIpc) is 2.56. The number of nitrogens with two attached hydrogens (primary N) is 1. The Labute approximate surface area is 125 Å². The van der Waals surface area contributed by atoms with E-state index in [0.717, 1.165) is 11.1 Å². The van der Waals surface area contributed by atoms with Crippen LogP contribution < -0.4 is 10.6 Å². The number of hydrogen-bond donors (Lipinski definition) is 1. The van der Waals surface area contributed by atoms with Crippen molar-refractivity contribution in [1.29, 1.82) is 0 Å². The standard InChI is InChI=1S/C18H19N3/c1-21(15-8-3-2-4-9-15)18(11-19)17-13-20-12-14-7-5-6-10-16(14)17/h2-10,12-13,18H,11,19H2,1H3. The summed E-state index contributed by atoms with van der Waals surface area (Å²) in [5.41, 5.74) is 8.39. The summed E-state index contributed by atoms with van der Waals surface area (Å²) in [6.45, 7) is 0.543. The first-order chi connectivity index (χ1) is 10.3. The summed E-state index contributed by atoms with van der Waals surface area (Å²) < 4.78 is 0. The van der Waals surface area contributed by atoms with Crippen molar-refractivity contribution in [1.82, 2.24) is 4.98 Å². The summed E-state index contributed by atoms with van der Waals surface area (Å²) in [5.74, 6) is 0. The Morgan fingerprint density at radius 2 is 1.71 bits per heavy atom. The molecule has 0 saturated heterocycles. The van der Waals surface area contributed by atoms with Crippen molar-refractivity contribution >= 4 is 16.5 Å².